The number of urea groups is 1. The molecule has 0 radical (unpaired) electrons. The molecular formula is C16H21N3O3. The zero-order chi connectivity index (χ0) is 15.6. The van der Waals surface area contributed by atoms with E-state index in [1.807, 2.05) is 30.3 Å². The number of likely N-dealkylation sites (tertiary alicyclic amines) is 1. The van der Waals surface area contributed by atoms with Gasteiger partial charge in [-0.05, 0) is 12.0 Å². The van der Waals surface area contributed by atoms with Gasteiger partial charge in [0.15, 0.2) is 0 Å². The first-order valence-corrected chi connectivity index (χ1v) is 7.60. The molecular weight excluding hydrogens is 282 g/mol. The number of nitrogens with two attached hydrogens (primary N) is 1. The van der Waals surface area contributed by atoms with Gasteiger partial charge in [0.2, 0.25) is 5.91 Å². The molecule has 2 N–H and O–H groups in total. The smallest absolute Gasteiger partial charge is 0.320 e. The summed E-state index contributed by atoms with van der Waals surface area (Å²) in [6.45, 7) is 3.24. The van der Waals surface area contributed by atoms with Crippen molar-refractivity contribution in [3.63, 3.8) is 0 Å². The molecule has 2 saturated heterocycles. The number of carbonyl (C=O) groups is 2. The van der Waals surface area contributed by atoms with Gasteiger partial charge in [0.05, 0.1) is 18.6 Å². The Balaban J connectivity index is 1.79. The number of amides is 3. The zero-order valence-corrected chi connectivity index (χ0v) is 12.5. The summed E-state index contributed by atoms with van der Waals surface area (Å²) in [7, 11) is 0. The van der Waals surface area contributed by atoms with E-state index in [-0.39, 0.29) is 11.9 Å². The van der Waals surface area contributed by atoms with Gasteiger partial charge in [-0.1, -0.05) is 30.3 Å². The average Bonchev–Trinajstić information content (AvgIpc) is 3.02. The van der Waals surface area contributed by atoms with Crippen molar-refractivity contribution >= 4 is 11.9 Å². The van der Waals surface area contributed by atoms with Crippen molar-refractivity contribution in [3.05, 3.63) is 35.9 Å². The van der Waals surface area contributed by atoms with Crippen LogP contribution in [0.25, 0.3) is 0 Å². The van der Waals surface area contributed by atoms with E-state index in [1.54, 1.807) is 9.80 Å². The molecule has 6 heteroatoms. The van der Waals surface area contributed by atoms with Gasteiger partial charge in [-0.15, -0.1) is 0 Å². The van der Waals surface area contributed by atoms with E-state index in [0.29, 0.717) is 45.8 Å². The molecule has 0 saturated carbocycles. The molecule has 6 nitrogen and oxygen atoms in total. The van der Waals surface area contributed by atoms with Crippen LogP contribution in [0.2, 0.25) is 0 Å². The number of primary amides is 1. The number of hydrogen-bond acceptors (Lipinski definition) is 3. The highest BCUT2D eigenvalue weighted by atomic mass is 16.5. The fourth-order valence-electron chi connectivity index (χ4n) is 3.26. The van der Waals surface area contributed by atoms with Gasteiger partial charge in [-0.25, -0.2) is 4.79 Å². The molecule has 2 aliphatic rings. The Labute approximate surface area is 129 Å². The minimum absolute atomic E-state index is 0.0256. The fraction of sp³-hybridized carbons (Fsp3) is 0.500. The predicted molar refractivity (Wildman–Crippen MR) is 81.3 cm³/mol. The van der Waals surface area contributed by atoms with Crippen LogP contribution >= 0.6 is 0 Å². The lowest BCUT2D eigenvalue weighted by Gasteiger charge is -2.32. The van der Waals surface area contributed by atoms with Crippen LogP contribution in [0.4, 0.5) is 4.79 Å². The summed E-state index contributed by atoms with van der Waals surface area (Å²) in [4.78, 5) is 28.2. The number of rotatable bonds is 2. The first-order chi connectivity index (χ1) is 10.6. The minimum Gasteiger partial charge on any atom is -0.378 e. The van der Waals surface area contributed by atoms with Gasteiger partial charge in [0, 0.05) is 26.2 Å². The van der Waals surface area contributed by atoms with Crippen LogP contribution in [0.3, 0.4) is 0 Å². The van der Waals surface area contributed by atoms with Crippen molar-refractivity contribution in [2.45, 2.75) is 11.8 Å². The number of nitrogens with zero attached hydrogens (tertiary/aromatic N) is 2. The lowest BCUT2D eigenvalue weighted by molar-refractivity contribution is -0.123. The second-order valence-corrected chi connectivity index (χ2v) is 5.87. The fourth-order valence-corrected chi connectivity index (χ4v) is 3.26. The Hall–Kier alpha value is -2.08. The molecule has 3 amide bonds. The summed E-state index contributed by atoms with van der Waals surface area (Å²) in [5.41, 5.74) is 5.81. The summed E-state index contributed by atoms with van der Waals surface area (Å²) >= 11 is 0. The summed E-state index contributed by atoms with van der Waals surface area (Å²) in [5, 5.41) is 0. The Morgan fingerprint density at radius 1 is 1.05 bits per heavy atom. The van der Waals surface area contributed by atoms with Gasteiger partial charge in [-0.3, -0.25) is 4.79 Å². The molecule has 0 spiro atoms. The normalized spacial score (nSPS) is 25.3. The number of ether oxygens (including phenoxy) is 1. The SMILES string of the molecule is NC(=O)C1(c2ccccc2)CCN(C(=O)N2CCOCC2)C1. The number of benzene rings is 1. The van der Waals surface area contributed by atoms with Crippen LogP contribution < -0.4 is 5.73 Å². The van der Waals surface area contributed by atoms with E-state index in [2.05, 4.69) is 0 Å². The summed E-state index contributed by atoms with van der Waals surface area (Å²) in [6, 6.07) is 9.49. The van der Waals surface area contributed by atoms with Crippen molar-refractivity contribution < 1.29 is 14.3 Å². The Morgan fingerprint density at radius 3 is 2.36 bits per heavy atom. The minimum atomic E-state index is -0.775. The molecule has 0 bridgehead atoms. The van der Waals surface area contributed by atoms with Gasteiger partial charge in [0.1, 0.15) is 0 Å². The van der Waals surface area contributed by atoms with E-state index in [0.717, 1.165) is 5.56 Å². The van der Waals surface area contributed by atoms with Crippen LogP contribution in [0.15, 0.2) is 30.3 Å². The van der Waals surface area contributed by atoms with Crippen LogP contribution in [-0.4, -0.2) is 61.1 Å². The van der Waals surface area contributed by atoms with Crippen molar-refractivity contribution in [2.24, 2.45) is 5.73 Å². The molecule has 1 aromatic carbocycles. The number of hydrogen-bond donors (Lipinski definition) is 1. The van der Waals surface area contributed by atoms with Crippen molar-refractivity contribution in [2.75, 3.05) is 39.4 Å². The molecule has 22 heavy (non-hydrogen) atoms. The van der Waals surface area contributed by atoms with E-state index in [4.69, 9.17) is 10.5 Å². The maximum Gasteiger partial charge on any atom is 0.320 e. The zero-order valence-electron chi connectivity index (χ0n) is 12.5. The molecule has 118 valence electrons. The highest BCUT2D eigenvalue weighted by Gasteiger charge is 2.46. The Morgan fingerprint density at radius 2 is 1.73 bits per heavy atom. The summed E-state index contributed by atoms with van der Waals surface area (Å²) in [5.74, 6) is -0.365. The van der Waals surface area contributed by atoms with E-state index in [1.165, 1.54) is 0 Å². The van der Waals surface area contributed by atoms with Gasteiger partial charge >= 0.3 is 6.03 Å². The summed E-state index contributed by atoms with van der Waals surface area (Å²) < 4.78 is 5.27. The van der Waals surface area contributed by atoms with Gasteiger partial charge in [-0.2, -0.15) is 0 Å². The average molecular weight is 303 g/mol. The Bertz CT molecular complexity index is 557. The van der Waals surface area contributed by atoms with Gasteiger partial charge in [0.25, 0.3) is 0 Å². The maximum atomic E-state index is 12.6. The van der Waals surface area contributed by atoms with Gasteiger partial charge < -0.3 is 20.3 Å². The van der Waals surface area contributed by atoms with E-state index < -0.39 is 5.41 Å². The molecule has 3 rings (SSSR count). The third kappa shape index (κ3) is 2.54. The number of carbonyl (C=O) groups excluding carboxylic acids is 2. The van der Waals surface area contributed by atoms with Crippen LogP contribution in [-0.2, 0) is 14.9 Å². The highest BCUT2D eigenvalue weighted by molar-refractivity contribution is 5.89. The first kappa shape index (κ1) is 14.8. The molecule has 0 aromatic heterocycles. The maximum absolute atomic E-state index is 12.6. The number of morpholine rings is 1. The van der Waals surface area contributed by atoms with E-state index >= 15 is 0 Å². The molecule has 1 unspecified atom stereocenters. The molecule has 1 atom stereocenters. The Kier molecular flexibility index (Phi) is 4.02. The van der Waals surface area contributed by atoms with Crippen LogP contribution in [0.1, 0.15) is 12.0 Å². The van der Waals surface area contributed by atoms with Crippen molar-refractivity contribution in [1.29, 1.82) is 0 Å². The topological polar surface area (TPSA) is 75.9 Å². The van der Waals surface area contributed by atoms with Crippen molar-refractivity contribution in [1.82, 2.24) is 9.80 Å². The molecule has 1 aromatic rings. The third-order valence-corrected chi connectivity index (χ3v) is 4.62. The lowest BCUT2D eigenvalue weighted by Crippen LogP contribution is -2.50. The molecule has 2 aliphatic heterocycles. The molecule has 2 heterocycles. The van der Waals surface area contributed by atoms with Crippen molar-refractivity contribution in [3.8, 4) is 0 Å². The van der Waals surface area contributed by atoms with Crippen LogP contribution in [0.5, 0.6) is 0 Å². The van der Waals surface area contributed by atoms with Crippen LogP contribution in [0, 0.1) is 0 Å². The lowest BCUT2D eigenvalue weighted by atomic mass is 9.79. The predicted octanol–water partition coefficient (Wildman–Crippen LogP) is 0.568. The second-order valence-electron chi connectivity index (χ2n) is 5.87. The quantitative estimate of drug-likeness (QED) is 0.868. The largest absolute Gasteiger partial charge is 0.378 e. The monoisotopic (exact) mass is 303 g/mol. The molecule has 2 fully saturated rings. The summed E-state index contributed by atoms with van der Waals surface area (Å²) in [6.07, 6.45) is 0.572. The standard InChI is InChI=1S/C16H21N3O3/c17-14(20)16(13-4-2-1-3-5-13)6-7-19(12-16)15(21)18-8-10-22-11-9-18/h1-5H,6-12H2,(H2,17,20). The van der Waals surface area contributed by atoms with E-state index in [9.17, 15) is 9.59 Å². The second kappa shape index (κ2) is 5.96. The third-order valence-electron chi connectivity index (χ3n) is 4.62. The molecule has 0 aliphatic carbocycles. The first-order valence-electron chi connectivity index (χ1n) is 7.60. The highest BCUT2D eigenvalue weighted by Crippen LogP contribution is 2.34.